The van der Waals surface area contributed by atoms with E-state index in [0.29, 0.717) is 5.82 Å². The summed E-state index contributed by atoms with van der Waals surface area (Å²) in [4.78, 5) is 19.4. The van der Waals surface area contributed by atoms with Crippen LogP contribution in [-0.4, -0.2) is 22.0 Å². The summed E-state index contributed by atoms with van der Waals surface area (Å²) in [6, 6.07) is 4.77. The zero-order chi connectivity index (χ0) is 14.0. The number of carbonyl (C=O) groups excluding carboxylic acids is 1. The summed E-state index contributed by atoms with van der Waals surface area (Å²) < 4.78 is 0.882. The Morgan fingerprint density at radius 3 is 2.74 bits per heavy atom. The molecule has 0 spiro atoms. The number of hydrogen-bond donors (Lipinski definition) is 1. The molecule has 100 valence electrons. The van der Waals surface area contributed by atoms with Crippen LogP contribution in [0.25, 0.3) is 10.9 Å². The fourth-order valence-electron chi connectivity index (χ4n) is 1.79. The van der Waals surface area contributed by atoms with Gasteiger partial charge in [-0.2, -0.15) is 0 Å². The number of carboxylic acids is 1. The largest absolute Gasteiger partial charge is 0.548 e. The number of carboxylic acid groups (broad SMARTS) is 1. The second-order valence-electron chi connectivity index (χ2n) is 4.57. The number of hydrogen-bond acceptors (Lipinski definition) is 5. The first-order valence-electron chi connectivity index (χ1n) is 5.86. The summed E-state index contributed by atoms with van der Waals surface area (Å²) >= 11 is 3.38. The molecule has 0 saturated carbocycles. The maximum Gasteiger partial charge on any atom is 0.137 e. The average Bonchev–Trinajstić information content (AvgIpc) is 2.35. The monoisotopic (exact) mass is 322 g/mol. The highest BCUT2D eigenvalue weighted by Crippen LogP contribution is 2.24. The van der Waals surface area contributed by atoms with Crippen molar-refractivity contribution >= 4 is 38.6 Å². The Balaban J connectivity index is 2.44. The molecule has 1 aromatic carbocycles. The Bertz CT molecular complexity index is 616. The standard InChI is InChI=1S/C13H14BrN3O2/c1-7(2)11(13(18)19)17-12-9-5-8(14)3-4-10(9)15-6-16-12/h3-7,11H,1-2H3,(H,18,19)(H,15,16,17)/p-1/t11-/m1/s1. The Labute approximate surface area is 119 Å². The van der Waals surface area contributed by atoms with Gasteiger partial charge in [0.1, 0.15) is 12.1 Å². The molecule has 0 unspecified atom stereocenters. The molecule has 0 saturated heterocycles. The minimum absolute atomic E-state index is 0.109. The van der Waals surface area contributed by atoms with Gasteiger partial charge in [0, 0.05) is 9.86 Å². The number of rotatable bonds is 4. The lowest BCUT2D eigenvalue weighted by Crippen LogP contribution is -2.44. The first kappa shape index (κ1) is 13.7. The number of nitrogens with zero attached hydrogens (tertiary/aromatic N) is 2. The van der Waals surface area contributed by atoms with E-state index in [4.69, 9.17) is 0 Å². The Morgan fingerprint density at radius 2 is 2.11 bits per heavy atom. The van der Waals surface area contributed by atoms with Crippen molar-refractivity contribution in [2.45, 2.75) is 19.9 Å². The van der Waals surface area contributed by atoms with Crippen molar-refractivity contribution in [1.82, 2.24) is 9.97 Å². The van der Waals surface area contributed by atoms with Crippen LogP contribution in [0.1, 0.15) is 13.8 Å². The van der Waals surface area contributed by atoms with Gasteiger partial charge < -0.3 is 15.2 Å². The first-order chi connectivity index (χ1) is 8.99. The predicted octanol–water partition coefficient (Wildman–Crippen LogP) is 1.58. The quantitative estimate of drug-likeness (QED) is 0.924. The van der Waals surface area contributed by atoms with E-state index >= 15 is 0 Å². The Hall–Kier alpha value is -1.69. The molecule has 0 aliphatic heterocycles. The third kappa shape index (κ3) is 3.01. The number of aliphatic carboxylic acids is 1. The van der Waals surface area contributed by atoms with Gasteiger partial charge in [0.25, 0.3) is 0 Å². The van der Waals surface area contributed by atoms with Crippen LogP contribution in [-0.2, 0) is 4.79 Å². The maximum absolute atomic E-state index is 11.1. The number of halogens is 1. The van der Waals surface area contributed by atoms with Gasteiger partial charge in [-0.15, -0.1) is 0 Å². The van der Waals surface area contributed by atoms with E-state index in [1.807, 2.05) is 32.0 Å². The molecule has 0 aliphatic rings. The molecular weight excluding hydrogens is 310 g/mol. The molecule has 0 fully saturated rings. The summed E-state index contributed by atoms with van der Waals surface area (Å²) in [7, 11) is 0. The molecule has 1 aromatic heterocycles. The van der Waals surface area contributed by atoms with E-state index in [0.717, 1.165) is 15.4 Å². The van der Waals surface area contributed by atoms with Gasteiger partial charge in [0.2, 0.25) is 0 Å². The molecule has 0 bridgehead atoms. The van der Waals surface area contributed by atoms with E-state index in [9.17, 15) is 9.90 Å². The second kappa shape index (κ2) is 5.52. The van der Waals surface area contributed by atoms with E-state index in [2.05, 4.69) is 31.2 Å². The highest BCUT2D eigenvalue weighted by atomic mass is 79.9. The van der Waals surface area contributed by atoms with Gasteiger partial charge in [0.15, 0.2) is 0 Å². The molecule has 0 aliphatic carbocycles. The van der Waals surface area contributed by atoms with Gasteiger partial charge in [-0.3, -0.25) is 0 Å². The van der Waals surface area contributed by atoms with Crippen LogP contribution in [0, 0.1) is 5.92 Å². The van der Waals surface area contributed by atoms with Crippen molar-refractivity contribution in [2.75, 3.05) is 5.32 Å². The maximum atomic E-state index is 11.1. The lowest BCUT2D eigenvalue weighted by Gasteiger charge is -2.24. The van der Waals surface area contributed by atoms with Crippen LogP contribution in [0.15, 0.2) is 29.0 Å². The summed E-state index contributed by atoms with van der Waals surface area (Å²) in [6.07, 6.45) is 1.41. The fraction of sp³-hybridized carbons (Fsp3) is 0.308. The number of aromatic nitrogens is 2. The van der Waals surface area contributed by atoms with Crippen LogP contribution in [0.4, 0.5) is 5.82 Å². The molecule has 2 aromatic rings. The van der Waals surface area contributed by atoms with E-state index in [1.165, 1.54) is 6.33 Å². The van der Waals surface area contributed by atoms with Crippen LogP contribution >= 0.6 is 15.9 Å². The van der Waals surface area contributed by atoms with Gasteiger partial charge >= 0.3 is 0 Å². The third-order valence-electron chi connectivity index (χ3n) is 2.81. The average molecular weight is 323 g/mol. The lowest BCUT2D eigenvalue weighted by atomic mass is 10.0. The zero-order valence-corrected chi connectivity index (χ0v) is 12.1. The molecule has 0 radical (unpaired) electrons. The Morgan fingerprint density at radius 1 is 1.37 bits per heavy atom. The van der Waals surface area contributed by atoms with Crippen LogP contribution < -0.4 is 10.4 Å². The molecule has 6 heteroatoms. The van der Waals surface area contributed by atoms with Crippen molar-refractivity contribution in [3.05, 3.63) is 29.0 Å². The minimum Gasteiger partial charge on any atom is -0.548 e. The van der Waals surface area contributed by atoms with Crippen LogP contribution in [0.3, 0.4) is 0 Å². The van der Waals surface area contributed by atoms with Crippen molar-refractivity contribution in [3.8, 4) is 0 Å². The highest BCUT2D eigenvalue weighted by molar-refractivity contribution is 9.10. The molecule has 19 heavy (non-hydrogen) atoms. The third-order valence-corrected chi connectivity index (χ3v) is 3.30. The van der Waals surface area contributed by atoms with Crippen molar-refractivity contribution < 1.29 is 9.90 Å². The Kier molecular flexibility index (Phi) is 3.99. The molecule has 1 N–H and O–H groups in total. The van der Waals surface area contributed by atoms with Gasteiger partial charge in [0.05, 0.1) is 17.5 Å². The van der Waals surface area contributed by atoms with Crippen LogP contribution in [0.5, 0.6) is 0 Å². The zero-order valence-electron chi connectivity index (χ0n) is 10.6. The first-order valence-corrected chi connectivity index (χ1v) is 6.66. The van der Waals surface area contributed by atoms with E-state index in [1.54, 1.807) is 0 Å². The summed E-state index contributed by atoms with van der Waals surface area (Å²) in [5.41, 5.74) is 0.751. The number of anilines is 1. The minimum atomic E-state index is -1.14. The summed E-state index contributed by atoms with van der Waals surface area (Å²) in [5.74, 6) is -0.756. The highest BCUT2D eigenvalue weighted by Gasteiger charge is 2.16. The predicted molar refractivity (Wildman–Crippen MR) is 74.5 cm³/mol. The normalized spacial score (nSPS) is 12.6. The van der Waals surface area contributed by atoms with Crippen molar-refractivity contribution in [1.29, 1.82) is 0 Å². The molecule has 5 nitrogen and oxygen atoms in total. The number of benzene rings is 1. The van der Waals surface area contributed by atoms with E-state index < -0.39 is 12.0 Å². The number of carbonyl (C=O) groups is 1. The summed E-state index contributed by atoms with van der Waals surface area (Å²) in [6.45, 7) is 3.62. The number of fused-ring (bicyclic) bond motifs is 1. The summed E-state index contributed by atoms with van der Waals surface area (Å²) in [5, 5.41) is 14.8. The lowest BCUT2D eigenvalue weighted by molar-refractivity contribution is -0.307. The molecule has 2 rings (SSSR count). The SMILES string of the molecule is CC(C)[C@@H](Nc1ncnc2ccc(Br)cc12)C(=O)[O-]. The van der Waals surface area contributed by atoms with Crippen molar-refractivity contribution in [2.24, 2.45) is 5.92 Å². The fourth-order valence-corrected chi connectivity index (χ4v) is 2.15. The molecule has 0 amide bonds. The smallest absolute Gasteiger partial charge is 0.137 e. The molecule has 1 heterocycles. The van der Waals surface area contributed by atoms with Gasteiger partial charge in [-0.1, -0.05) is 29.8 Å². The molecule has 1 atom stereocenters. The van der Waals surface area contributed by atoms with Crippen molar-refractivity contribution in [3.63, 3.8) is 0 Å². The molecular formula is C13H13BrN3O2-. The second-order valence-corrected chi connectivity index (χ2v) is 5.48. The van der Waals surface area contributed by atoms with Gasteiger partial charge in [-0.05, 0) is 24.1 Å². The van der Waals surface area contributed by atoms with Gasteiger partial charge in [-0.25, -0.2) is 9.97 Å². The van der Waals surface area contributed by atoms with E-state index in [-0.39, 0.29) is 5.92 Å². The number of nitrogens with one attached hydrogen (secondary N) is 1. The topological polar surface area (TPSA) is 77.9 Å². The van der Waals surface area contributed by atoms with Crippen LogP contribution in [0.2, 0.25) is 0 Å².